The number of benzene rings is 1. The van der Waals surface area contributed by atoms with Gasteiger partial charge < -0.3 is 14.5 Å². The molecule has 0 aliphatic carbocycles. The second-order valence-corrected chi connectivity index (χ2v) is 5.86. The zero-order valence-corrected chi connectivity index (χ0v) is 11.5. The first-order valence-corrected chi connectivity index (χ1v) is 7.43. The van der Waals surface area contributed by atoms with Gasteiger partial charge in [0.2, 0.25) is 0 Å². The van der Waals surface area contributed by atoms with Crippen LogP contribution in [0.5, 0.6) is 0 Å². The van der Waals surface area contributed by atoms with Gasteiger partial charge in [-0.15, -0.1) is 0 Å². The van der Waals surface area contributed by atoms with Crippen LogP contribution in [0.4, 0.5) is 5.82 Å². The van der Waals surface area contributed by atoms with Crippen molar-refractivity contribution in [1.82, 2.24) is 9.97 Å². The summed E-state index contributed by atoms with van der Waals surface area (Å²) in [6.07, 6.45) is 5.70. The van der Waals surface area contributed by atoms with E-state index in [1.54, 1.807) is 6.33 Å². The van der Waals surface area contributed by atoms with Crippen LogP contribution in [0.15, 0.2) is 35.0 Å². The number of anilines is 1. The number of hydrogen-bond donors (Lipinski definition) is 1. The molecule has 0 amide bonds. The highest BCUT2D eigenvalue weighted by Crippen LogP contribution is 2.37. The lowest BCUT2D eigenvalue weighted by molar-refractivity contribution is 0.102. The van der Waals surface area contributed by atoms with Crippen molar-refractivity contribution >= 4 is 27.9 Å². The van der Waals surface area contributed by atoms with Crippen molar-refractivity contribution in [3.63, 3.8) is 0 Å². The Labute approximate surface area is 121 Å². The van der Waals surface area contributed by atoms with E-state index in [-0.39, 0.29) is 0 Å². The Morgan fingerprint density at radius 2 is 2.10 bits per heavy atom. The molecule has 0 spiro atoms. The Hall–Kier alpha value is -2.14. The van der Waals surface area contributed by atoms with E-state index in [9.17, 15) is 0 Å². The van der Waals surface area contributed by atoms with E-state index in [0.29, 0.717) is 18.2 Å². The number of ether oxygens (including phenoxy) is 1. The fourth-order valence-electron chi connectivity index (χ4n) is 3.59. The Morgan fingerprint density at radius 3 is 2.95 bits per heavy atom. The molecule has 2 aliphatic rings. The van der Waals surface area contributed by atoms with Gasteiger partial charge in [-0.25, -0.2) is 9.97 Å². The predicted octanol–water partition coefficient (Wildman–Crippen LogP) is 3.11. The van der Waals surface area contributed by atoms with Gasteiger partial charge in [-0.3, -0.25) is 0 Å². The maximum Gasteiger partial charge on any atom is 0.196 e. The lowest BCUT2D eigenvalue weighted by Gasteiger charge is -2.20. The highest BCUT2D eigenvalue weighted by atomic mass is 16.5. The van der Waals surface area contributed by atoms with Crippen LogP contribution in [0, 0.1) is 0 Å². The van der Waals surface area contributed by atoms with Crippen molar-refractivity contribution in [2.24, 2.45) is 0 Å². The van der Waals surface area contributed by atoms with Crippen molar-refractivity contribution in [3.05, 3.63) is 30.6 Å². The molecule has 4 heterocycles. The molecular weight excluding hydrogens is 266 g/mol. The number of aromatic nitrogens is 2. The molecule has 1 aromatic carbocycles. The van der Waals surface area contributed by atoms with Gasteiger partial charge in [0.25, 0.3) is 0 Å². The minimum absolute atomic E-state index is 0.310. The highest BCUT2D eigenvalue weighted by molar-refractivity contribution is 6.05. The predicted molar refractivity (Wildman–Crippen MR) is 79.2 cm³/mol. The second-order valence-electron chi connectivity index (χ2n) is 5.86. The van der Waals surface area contributed by atoms with Crippen molar-refractivity contribution in [3.8, 4) is 0 Å². The maximum atomic E-state index is 5.95. The quantitative estimate of drug-likeness (QED) is 0.782. The third kappa shape index (κ3) is 1.67. The summed E-state index contributed by atoms with van der Waals surface area (Å²) < 4.78 is 11.8. The van der Waals surface area contributed by atoms with Crippen molar-refractivity contribution in [2.75, 3.05) is 5.32 Å². The molecule has 106 valence electrons. The molecule has 5 heteroatoms. The van der Waals surface area contributed by atoms with Crippen LogP contribution >= 0.6 is 0 Å². The van der Waals surface area contributed by atoms with Crippen LogP contribution in [-0.2, 0) is 4.74 Å². The molecule has 2 fully saturated rings. The maximum absolute atomic E-state index is 5.95. The van der Waals surface area contributed by atoms with E-state index in [2.05, 4.69) is 15.3 Å². The number of nitrogens with zero attached hydrogens (tertiary/aromatic N) is 2. The molecule has 0 unspecified atom stereocenters. The summed E-state index contributed by atoms with van der Waals surface area (Å²) in [5, 5.41) is 4.54. The van der Waals surface area contributed by atoms with E-state index in [1.807, 2.05) is 24.3 Å². The molecule has 0 radical (unpaired) electrons. The fourth-order valence-corrected chi connectivity index (χ4v) is 3.59. The Balaban J connectivity index is 1.60. The topological polar surface area (TPSA) is 60.2 Å². The molecule has 2 bridgehead atoms. The fraction of sp³-hybridized carbons (Fsp3) is 0.375. The molecule has 21 heavy (non-hydrogen) atoms. The van der Waals surface area contributed by atoms with Gasteiger partial charge in [0.05, 0.1) is 18.2 Å². The molecule has 0 saturated carbocycles. The van der Waals surface area contributed by atoms with E-state index in [0.717, 1.165) is 40.7 Å². The smallest absolute Gasteiger partial charge is 0.196 e. The molecule has 1 N–H and O–H groups in total. The van der Waals surface area contributed by atoms with Gasteiger partial charge in [0, 0.05) is 5.39 Å². The SMILES string of the molecule is c1ccc2c(c1)oc1c(N[C@H]3C[C@H]4CC[C@H]3O4)ncnc12. The third-order valence-corrected chi connectivity index (χ3v) is 4.59. The molecule has 5 rings (SSSR count). The summed E-state index contributed by atoms with van der Waals surface area (Å²) in [5.74, 6) is 0.775. The van der Waals surface area contributed by atoms with E-state index in [1.165, 1.54) is 6.42 Å². The largest absolute Gasteiger partial charge is 0.450 e. The summed E-state index contributed by atoms with van der Waals surface area (Å²) in [4.78, 5) is 8.75. The summed E-state index contributed by atoms with van der Waals surface area (Å²) in [6.45, 7) is 0. The zero-order chi connectivity index (χ0) is 13.8. The van der Waals surface area contributed by atoms with Crippen LogP contribution in [0.25, 0.3) is 22.1 Å². The van der Waals surface area contributed by atoms with Gasteiger partial charge in [-0.2, -0.15) is 0 Å². The van der Waals surface area contributed by atoms with E-state index < -0.39 is 0 Å². The van der Waals surface area contributed by atoms with Gasteiger partial charge in [0.1, 0.15) is 17.4 Å². The van der Waals surface area contributed by atoms with Crippen molar-refractivity contribution in [1.29, 1.82) is 0 Å². The van der Waals surface area contributed by atoms with Gasteiger partial charge in [-0.1, -0.05) is 12.1 Å². The normalized spacial score (nSPS) is 27.7. The lowest BCUT2D eigenvalue weighted by atomic mass is 9.95. The molecule has 2 saturated heterocycles. The zero-order valence-electron chi connectivity index (χ0n) is 11.5. The van der Waals surface area contributed by atoms with Gasteiger partial charge >= 0.3 is 0 Å². The lowest BCUT2D eigenvalue weighted by Crippen LogP contribution is -2.30. The summed E-state index contributed by atoms with van der Waals surface area (Å²) in [5.41, 5.74) is 2.45. The highest BCUT2D eigenvalue weighted by Gasteiger charge is 2.41. The Bertz CT molecular complexity index is 829. The first-order chi connectivity index (χ1) is 10.4. The molecular formula is C16H15N3O2. The molecule has 3 aromatic rings. The number of rotatable bonds is 2. The van der Waals surface area contributed by atoms with Gasteiger partial charge in [0.15, 0.2) is 11.4 Å². The van der Waals surface area contributed by atoms with Crippen LogP contribution in [0.2, 0.25) is 0 Å². The number of para-hydroxylation sites is 1. The molecule has 3 atom stereocenters. The number of fused-ring (bicyclic) bond motifs is 5. The number of furan rings is 1. The Kier molecular flexibility index (Phi) is 2.29. The summed E-state index contributed by atoms with van der Waals surface area (Å²) in [6, 6.07) is 8.28. The van der Waals surface area contributed by atoms with E-state index >= 15 is 0 Å². The van der Waals surface area contributed by atoms with Crippen LogP contribution in [0.3, 0.4) is 0 Å². The number of hydrogen-bond acceptors (Lipinski definition) is 5. The minimum atomic E-state index is 0.310. The van der Waals surface area contributed by atoms with Crippen LogP contribution in [-0.4, -0.2) is 28.2 Å². The first-order valence-electron chi connectivity index (χ1n) is 7.43. The molecule has 5 nitrogen and oxygen atoms in total. The second kappa shape index (κ2) is 4.18. The third-order valence-electron chi connectivity index (χ3n) is 4.59. The molecule has 2 aliphatic heterocycles. The molecule has 2 aromatic heterocycles. The first kappa shape index (κ1) is 11.5. The van der Waals surface area contributed by atoms with Crippen molar-refractivity contribution in [2.45, 2.75) is 37.5 Å². The van der Waals surface area contributed by atoms with Crippen LogP contribution in [0.1, 0.15) is 19.3 Å². The standard InChI is InChI=1S/C16H15N3O2/c1-2-4-12-10(3-1)14-15(21-12)16(18-8-17-14)19-11-7-9-5-6-13(11)20-9/h1-4,8-9,11,13H,5-7H2,(H,17,18,19)/t9-,11+,13-/m1/s1. The Morgan fingerprint density at radius 1 is 1.14 bits per heavy atom. The van der Waals surface area contributed by atoms with Gasteiger partial charge in [-0.05, 0) is 31.4 Å². The van der Waals surface area contributed by atoms with E-state index in [4.69, 9.17) is 9.15 Å². The summed E-state index contributed by atoms with van der Waals surface area (Å²) >= 11 is 0. The van der Waals surface area contributed by atoms with Crippen LogP contribution < -0.4 is 5.32 Å². The minimum Gasteiger partial charge on any atom is -0.450 e. The average molecular weight is 281 g/mol. The monoisotopic (exact) mass is 281 g/mol. The number of nitrogens with one attached hydrogen (secondary N) is 1. The van der Waals surface area contributed by atoms with Crippen molar-refractivity contribution < 1.29 is 9.15 Å². The summed E-state index contributed by atoms with van der Waals surface area (Å²) in [7, 11) is 0. The average Bonchev–Trinajstić information content (AvgIpc) is 3.20.